The number of Topliss-reactive ketones (excluding diaryl/α,β-unsaturated/α-hetero) is 1. The number of fused-ring (bicyclic) bond motifs is 1. The van der Waals surface area contributed by atoms with Crippen LogP contribution in [-0.2, 0) is 0 Å². The first kappa shape index (κ1) is 20.9. The second-order valence-electron chi connectivity index (χ2n) is 8.63. The maximum atomic E-state index is 13.2. The number of hydrogen-bond donors (Lipinski definition) is 1. The summed E-state index contributed by atoms with van der Waals surface area (Å²) in [6.45, 7) is 4.27. The first-order chi connectivity index (χ1) is 15.6. The van der Waals surface area contributed by atoms with Gasteiger partial charge in [0.1, 0.15) is 0 Å². The van der Waals surface area contributed by atoms with E-state index in [1.165, 1.54) is 31.0 Å². The van der Waals surface area contributed by atoms with Crippen molar-refractivity contribution in [3.8, 4) is 11.4 Å². The Morgan fingerprint density at radius 1 is 1.16 bits per heavy atom. The van der Waals surface area contributed by atoms with Crippen molar-refractivity contribution in [3.05, 3.63) is 60.0 Å². The highest BCUT2D eigenvalue weighted by Gasteiger charge is 2.29. The Labute approximate surface area is 191 Å². The van der Waals surface area contributed by atoms with Gasteiger partial charge < -0.3 is 4.98 Å². The average Bonchev–Trinajstić information content (AvgIpc) is 3.38. The molecule has 0 unspecified atom stereocenters. The van der Waals surface area contributed by atoms with Crippen LogP contribution in [0.3, 0.4) is 0 Å². The summed E-state index contributed by atoms with van der Waals surface area (Å²) in [6.07, 6.45) is 8.39. The Hall–Kier alpha value is -2.93. The molecule has 0 saturated heterocycles. The van der Waals surface area contributed by atoms with Crippen molar-refractivity contribution >= 4 is 28.4 Å². The minimum Gasteiger partial charge on any atom is -0.358 e. The second-order valence-corrected chi connectivity index (χ2v) is 9.57. The molecule has 3 aromatic heterocycles. The smallest absolute Gasteiger partial charge is 0.192 e. The van der Waals surface area contributed by atoms with Gasteiger partial charge in [0.15, 0.2) is 16.8 Å². The quantitative estimate of drug-likeness (QED) is 0.297. The lowest BCUT2D eigenvalue weighted by Gasteiger charge is -2.31. The zero-order valence-corrected chi connectivity index (χ0v) is 19.2. The Balaban J connectivity index is 1.46. The van der Waals surface area contributed by atoms with Crippen molar-refractivity contribution in [1.29, 1.82) is 0 Å². The van der Waals surface area contributed by atoms with Crippen molar-refractivity contribution in [2.75, 3.05) is 5.75 Å². The molecule has 4 aromatic rings. The third kappa shape index (κ3) is 3.86. The summed E-state index contributed by atoms with van der Waals surface area (Å²) >= 11 is 1.49. The van der Waals surface area contributed by atoms with Crippen LogP contribution < -0.4 is 0 Å². The largest absolute Gasteiger partial charge is 0.358 e. The van der Waals surface area contributed by atoms with Crippen molar-refractivity contribution in [3.63, 3.8) is 0 Å². The van der Waals surface area contributed by atoms with E-state index >= 15 is 0 Å². The minimum atomic E-state index is 0.110. The monoisotopic (exact) mass is 445 g/mol. The number of carbonyl (C=O) groups excluding carboxylic acids is 1. The molecule has 6 nitrogen and oxygen atoms in total. The van der Waals surface area contributed by atoms with E-state index in [2.05, 4.69) is 31.7 Å². The SMILES string of the molecule is Cc1[nH]c2ccccc2c1C(=O)CSc1nnc(-c2cccnc2)n1[C@H]1CCCC[C@H]1C. The Morgan fingerprint density at radius 3 is 2.81 bits per heavy atom. The molecule has 1 fully saturated rings. The number of para-hydroxylation sites is 1. The number of thioether (sulfide) groups is 1. The van der Waals surface area contributed by atoms with E-state index in [0.717, 1.165) is 45.1 Å². The normalized spacial score (nSPS) is 18.8. The maximum absolute atomic E-state index is 13.2. The van der Waals surface area contributed by atoms with Gasteiger partial charge in [-0.3, -0.25) is 14.3 Å². The molecule has 1 N–H and O–H groups in total. The van der Waals surface area contributed by atoms with Gasteiger partial charge in [-0.15, -0.1) is 10.2 Å². The van der Waals surface area contributed by atoms with Gasteiger partial charge in [-0.1, -0.05) is 49.7 Å². The molecule has 5 rings (SSSR count). The Bertz CT molecular complexity index is 1250. The number of aromatic nitrogens is 5. The lowest BCUT2D eigenvalue weighted by Crippen LogP contribution is -2.22. The predicted octanol–water partition coefficient (Wildman–Crippen LogP) is 5.86. The summed E-state index contributed by atoms with van der Waals surface area (Å²) in [5.41, 5.74) is 3.65. The third-order valence-electron chi connectivity index (χ3n) is 6.49. The fourth-order valence-electron chi connectivity index (χ4n) is 4.88. The van der Waals surface area contributed by atoms with E-state index in [1.807, 2.05) is 49.5 Å². The second kappa shape index (κ2) is 8.90. The van der Waals surface area contributed by atoms with Crippen LogP contribution in [0.1, 0.15) is 54.7 Å². The molecule has 1 aliphatic carbocycles. The molecule has 2 atom stereocenters. The number of benzene rings is 1. The number of ketones is 1. The molecule has 0 amide bonds. The average molecular weight is 446 g/mol. The zero-order valence-electron chi connectivity index (χ0n) is 18.4. The van der Waals surface area contributed by atoms with Gasteiger partial charge in [0, 0.05) is 46.2 Å². The van der Waals surface area contributed by atoms with Gasteiger partial charge in [0.2, 0.25) is 0 Å². The lowest BCUT2D eigenvalue weighted by atomic mass is 9.85. The first-order valence-corrected chi connectivity index (χ1v) is 12.2. The molecular formula is C25H27N5OS. The molecule has 3 heterocycles. The standard InChI is InChI=1S/C25H27N5OS/c1-16-8-3-6-12-21(16)30-24(18-9-7-13-26-14-18)28-29-25(30)32-15-22(31)23-17(2)27-20-11-5-4-10-19(20)23/h4-5,7,9-11,13-14,16,21,27H,3,6,8,12,15H2,1-2H3/t16-,21+/m1/s1. The van der Waals surface area contributed by atoms with E-state index in [9.17, 15) is 4.79 Å². The number of aromatic amines is 1. The van der Waals surface area contributed by atoms with Crippen LogP contribution in [0.15, 0.2) is 53.9 Å². The predicted molar refractivity (Wildman–Crippen MR) is 128 cm³/mol. The molecule has 164 valence electrons. The topological polar surface area (TPSA) is 76.5 Å². The fourth-order valence-corrected chi connectivity index (χ4v) is 5.75. The summed E-state index contributed by atoms with van der Waals surface area (Å²) in [5, 5.41) is 10.9. The van der Waals surface area contributed by atoms with E-state index in [0.29, 0.717) is 17.7 Å². The zero-order chi connectivity index (χ0) is 22.1. The first-order valence-electron chi connectivity index (χ1n) is 11.2. The van der Waals surface area contributed by atoms with Crippen molar-refractivity contribution in [2.24, 2.45) is 5.92 Å². The Kier molecular flexibility index (Phi) is 5.83. The highest BCUT2D eigenvalue weighted by molar-refractivity contribution is 7.99. The van der Waals surface area contributed by atoms with Gasteiger partial charge in [0.05, 0.1) is 5.75 Å². The number of carbonyl (C=O) groups is 1. The summed E-state index contributed by atoms with van der Waals surface area (Å²) in [7, 11) is 0. The van der Waals surface area contributed by atoms with Crippen LogP contribution in [0.5, 0.6) is 0 Å². The van der Waals surface area contributed by atoms with E-state index < -0.39 is 0 Å². The van der Waals surface area contributed by atoms with E-state index in [4.69, 9.17) is 0 Å². The summed E-state index contributed by atoms with van der Waals surface area (Å²) in [5.74, 6) is 1.82. The fraction of sp³-hybridized carbons (Fsp3) is 0.360. The summed E-state index contributed by atoms with van der Waals surface area (Å²) < 4.78 is 2.26. The Morgan fingerprint density at radius 2 is 2.00 bits per heavy atom. The van der Waals surface area contributed by atoms with Crippen LogP contribution >= 0.6 is 11.8 Å². The molecule has 1 saturated carbocycles. The van der Waals surface area contributed by atoms with Crippen LogP contribution in [0, 0.1) is 12.8 Å². The molecular weight excluding hydrogens is 418 g/mol. The summed E-state index contributed by atoms with van der Waals surface area (Å²) in [6, 6.07) is 12.2. The van der Waals surface area contributed by atoms with Gasteiger partial charge in [-0.25, -0.2) is 0 Å². The summed E-state index contributed by atoms with van der Waals surface area (Å²) in [4.78, 5) is 20.8. The lowest BCUT2D eigenvalue weighted by molar-refractivity contribution is 0.102. The van der Waals surface area contributed by atoms with E-state index in [-0.39, 0.29) is 5.78 Å². The molecule has 1 aliphatic rings. The molecule has 0 aliphatic heterocycles. The number of hydrogen-bond acceptors (Lipinski definition) is 5. The van der Waals surface area contributed by atoms with Crippen LogP contribution in [-0.4, -0.2) is 36.3 Å². The maximum Gasteiger partial charge on any atom is 0.192 e. The van der Waals surface area contributed by atoms with Crippen molar-refractivity contribution in [2.45, 2.75) is 50.7 Å². The third-order valence-corrected chi connectivity index (χ3v) is 7.43. The van der Waals surface area contributed by atoms with Gasteiger partial charge in [-0.05, 0) is 43.9 Å². The van der Waals surface area contributed by atoms with Crippen LogP contribution in [0.4, 0.5) is 0 Å². The van der Waals surface area contributed by atoms with Crippen molar-refractivity contribution in [1.82, 2.24) is 24.7 Å². The number of aryl methyl sites for hydroxylation is 1. The van der Waals surface area contributed by atoms with E-state index in [1.54, 1.807) is 6.20 Å². The number of pyridine rings is 1. The minimum absolute atomic E-state index is 0.110. The van der Waals surface area contributed by atoms with Gasteiger partial charge >= 0.3 is 0 Å². The van der Waals surface area contributed by atoms with Gasteiger partial charge in [-0.2, -0.15) is 0 Å². The molecule has 7 heteroatoms. The number of nitrogens with one attached hydrogen (secondary N) is 1. The number of rotatable bonds is 6. The van der Waals surface area contributed by atoms with Crippen LogP contribution in [0.25, 0.3) is 22.3 Å². The highest BCUT2D eigenvalue weighted by Crippen LogP contribution is 2.39. The van der Waals surface area contributed by atoms with Crippen molar-refractivity contribution < 1.29 is 4.79 Å². The van der Waals surface area contributed by atoms with Gasteiger partial charge in [0.25, 0.3) is 0 Å². The van der Waals surface area contributed by atoms with Crippen LogP contribution in [0.2, 0.25) is 0 Å². The number of nitrogens with zero attached hydrogens (tertiary/aromatic N) is 4. The number of H-pyrrole nitrogens is 1. The molecule has 1 aromatic carbocycles. The molecule has 0 bridgehead atoms. The molecule has 0 spiro atoms. The molecule has 32 heavy (non-hydrogen) atoms. The highest BCUT2D eigenvalue weighted by atomic mass is 32.2. The molecule has 0 radical (unpaired) electrons.